The maximum absolute atomic E-state index is 9.05. The zero-order valence-corrected chi connectivity index (χ0v) is 8.03. The van der Waals surface area contributed by atoms with E-state index in [0.717, 1.165) is 19.5 Å². The Labute approximate surface area is 74.5 Å². The molecule has 3 N–H and O–H groups in total. The molecule has 0 radical (unpaired) electrons. The predicted molar refractivity (Wildman–Crippen MR) is 49.9 cm³/mol. The van der Waals surface area contributed by atoms with Gasteiger partial charge in [-0.25, -0.2) is 0 Å². The molecule has 0 bridgehead atoms. The van der Waals surface area contributed by atoms with Crippen LogP contribution in [0.1, 0.15) is 20.3 Å². The summed E-state index contributed by atoms with van der Waals surface area (Å²) in [6, 6.07) is 0.775. The molecular weight excluding hydrogens is 152 g/mol. The quantitative estimate of drug-likeness (QED) is 0.618. The molecule has 0 aromatic rings. The van der Waals surface area contributed by atoms with E-state index >= 15 is 0 Å². The van der Waals surface area contributed by atoms with Crippen LogP contribution in [-0.2, 0) is 0 Å². The summed E-state index contributed by atoms with van der Waals surface area (Å²) >= 11 is 0. The topological polar surface area (TPSA) is 49.5 Å². The molecule has 0 amide bonds. The number of hydrogen-bond donors (Lipinski definition) is 2. The molecule has 2 atom stereocenters. The van der Waals surface area contributed by atoms with Crippen LogP contribution in [0.2, 0.25) is 0 Å². The molecule has 1 heterocycles. The van der Waals surface area contributed by atoms with Crippen LogP contribution in [0.15, 0.2) is 0 Å². The van der Waals surface area contributed by atoms with E-state index in [4.69, 9.17) is 10.8 Å². The van der Waals surface area contributed by atoms with Gasteiger partial charge in [0.2, 0.25) is 0 Å². The highest BCUT2D eigenvalue weighted by Gasteiger charge is 2.26. The molecule has 1 fully saturated rings. The first-order chi connectivity index (χ1) is 5.65. The van der Waals surface area contributed by atoms with Crippen LogP contribution >= 0.6 is 0 Å². The second kappa shape index (κ2) is 4.21. The highest BCUT2D eigenvalue weighted by atomic mass is 16.3. The molecule has 1 rings (SSSR count). The van der Waals surface area contributed by atoms with Gasteiger partial charge in [-0.3, -0.25) is 0 Å². The average Bonchev–Trinajstić information content (AvgIpc) is 2.05. The standard InChI is InChI=1S/C9H20N2O/c1-7(2)11-4-3-9(10)8(5-11)6-12/h7-9,12H,3-6,10H2,1-2H3. The van der Waals surface area contributed by atoms with Crippen LogP contribution in [0, 0.1) is 5.92 Å². The molecule has 3 nitrogen and oxygen atoms in total. The number of aliphatic hydroxyl groups excluding tert-OH is 1. The summed E-state index contributed by atoms with van der Waals surface area (Å²) in [6.45, 7) is 6.63. The molecule has 3 heteroatoms. The molecular formula is C9H20N2O. The fourth-order valence-corrected chi connectivity index (χ4v) is 1.74. The van der Waals surface area contributed by atoms with E-state index < -0.39 is 0 Å². The fraction of sp³-hybridized carbons (Fsp3) is 1.00. The number of aliphatic hydroxyl groups is 1. The summed E-state index contributed by atoms with van der Waals surface area (Å²) in [7, 11) is 0. The van der Waals surface area contributed by atoms with E-state index in [1.165, 1.54) is 0 Å². The molecule has 0 spiro atoms. The minimum absolute atomic E-state index is 0.199. The van der Waals surface area contributed by atoms with Crippen molar-refractivity contribution in [3.8, 4) is 0 Å². The van der Waals surface area contributed by atoms with Gasteiger partial charge in [-0.2, -0.15) is 0 Å². The smallest absolute Gasteiger partial charge is 0.0486 e. The maximum Gasteiger partial charge on any atom is 0.0486 e. The monoisotopic (exact) mass is 172 g/mol. The summed E-state index contributed by atoms with van der Waals surface area (Å²) in [6.07, 6.45) is 1.02. The van der Waals surface area contributed by atoms with Gasteiger partial charge < -0.3 is 15.7 Å². The van der Waals surface area contributed by atoms with Crippen molar-refractivity contribution in [2.75, 3.05) is 19.7 Å². The normalized spacial score (nSPS) is 32.8. The summed E-state index contributed by atoms with van der Waals surface area (Å²) < 4.78 is 0. The summed E-state index contributed by atoms with van der Waals surface area (Å²) in [5.41, 5.74) is 5.87. The predicted octanol–water partition coefficient (Wildman–Crippen LogP) is 0.0363. The number of hydrogen-bond acceptors (Lipinski definition) is 3. The number of nitrogens with zero attached hydrogens (tertiary/aromatic N) is 1. The number of rotatable bonds is 2. The van der Waals surface area contributed by atoms with Crippen molar-refractivity contribution < 1.29 is 5.11 Å². The van der Waals surface area contributed by atoms with E-state index in [1.807, 2.05) is 0 Å². The van der Waals surface area contributed by atoms with Crippen molar-refractivity contribution in [1.29, 1.82) is 0 Å². The molecule has 0 aromatic carbocycles. The third kappa shape index (κ3) is 2.19. The molecule has 12 heavy (non-hydrogen) atoms. The highest BCUT2D eigenvalue weighted by molar-refractivity contribution is 4.83. The number of piperidine rings is 1. The van der Waals surface area contributed by atoms with E-state index in [2.05, 4.69) is 18.7 Å². The van der Waals surface area contributed by atoms with E-state index in [1.54, 1.807) is 0 Å². The lowest BCUT2D eigenvalue weighted by atomic mass is 9.93. The first-order valence-electron chi connectivity index (χ1n) is 4.75. The first-order valence-corrected chi connectivity index (χ1v) is 4.75. The Morgan fingerprint density at radius 3 is 2.75 bits per heavy atom. The Morgan fingerprint density at radius 2 is 2.25 bits per heavy atom. The van der Waals surface area contributed by atoms with Crippen LogP contribution in [0.4, 0.5) is 0 Å². The van der Waals surface area contributed by atoms with Crippen LogP contribution in [0.5, 0.6) is 0 Å². The average molecular weight is 172 g/mol. The molecule has 2 unspecified atom stereocenters. The van der Waals surface area contributed by atoms with Gasteiger partial charge in [0.1, 0.15) is 0 Å². The van der Waals surface area contributed by atoms with Gasteiger partial charge in [-0.15, -0.1) is 0 Å². The molecule has 1 saturated heterocycles. The summed E-state index contributed by atoms with van der Waals surface area (Å²) in [5.74, 6) is 0.279. The Hall–Kier alpha value is -0.120. The van der Waals surface area contributed by atoms with Gasteiger partial charge in [-0.05, 0) is 26.8 Å². The zero-order chi connectivity index (χ0) is 9.14. The van der Waals surface area contributed by atoms with Crippen molar-refractivity contribution in [2.24, 2.45) is 11.7 Å². The summed E-state index contributed by atoms with van der Waals surface area (Å²) in [4.78, 5) is 2.38. The lowest BCUT2D eigenvalue weighted by Crippen LogP contribution is -2.50. The molecule has 0 aliphatic carbocycles. The van der Waals surface area contributed by atoms with Crippen molar-refractivity contribution >= 4 is 0 Å². The van der Waals surface area contributed by atoms with Crippen molar-refractivity contribution in [3.05, 3.63) is 0 Å². The van der Waals surface area contributed by atoms with Crippen LogP contribution in [-0.4, -0.2) is 41.8 Å². The van der Waals surface area contributed by atoms with Gasteiger partial charge >= 0.3 is 0 Å². The van der Waals surface area contributed by atoms with Crippen LogP contribution in [0.3, 0.4) is 0 Å². The Balaban J connectivity index is 2.44. The van der Waals surface area contributed by atoms with Gasteiger partial charge in [0.05, 0.1) is 0 Å². The van der Waals surface area contributed by atoms with E-state index in [0.29, 0.717) is 6.04 Å². The second-order valence-electron chi connectivity index (χ2n) is 3.98. The number of likely N-dealkylation sites (tertiary alicyclic amines) is 1. The largest absolute Gasteiger partial charge is 0.396 e. The molecule has 72 valence electrons. The van der Waals surface area contributed by atoms with Crippen LogP contribution < -0.4 is 5.73 Å². The van der Waals surface area contributed by atoms with Gasteiger partial charge in [0.25, 0.3) is 0 Å². The van der Waals surface area contributed by atoms with E-state index in [-0.39, 0.29) is 18.6 Å². The Bertz CT molecular complexity index is 138. The zero-order valence-electron chi connectivity index (χ0n) is 8.03. The van der Waals surface area contributed by atoms with Gasteiger partial charge in [0.15, 0.2) is 0 Å². The van der Waals surface area contributed by atoms with Crippen molar-refractivity contribution in [1.82, 2.24) is 4.90 Å². The SMILES string of the molecule is CC(C)N1CCC(N)C(CO)C1. The second-order valence-corrected chi connectivity index (χ2v) is 3.98. The lowest BCUT2D eigenvalue weighted by Gasteiger charge is -2.38. The maximum atomic E-state index is 9.05. The fourth-order valence-electron chi connectivity index (χ4n) is 1.74. The van der Waals surface area contributed by atoms with Gasteiger partial charge in [-0.1, -0.05) is 0 Å². The molecule has 0 saturated carbocycles. The molecule has 1 aliphatic rings. The van der Waals surface area contributed by atoms with E-state index in [9.17, 15) is 0 Å². The molecule has 1 aliphatic heterocycles. The van der Waals surface area contributed by atoms with Crippen LogP contribution in [0.25, 0.3) is 0 Å². The summed E-state index contributed by atoms with van der Waals surface area (Å²) in [5, 5.41) is 9.05. The highest BCUT2D eigenvalue weighted by Crippen LogP contribution is 2.16. The lowest BCUT2D eigenvalue weighted by molar-refractivity contribution is 0.0844. The van der Waals surface area contributed by atoms with Gasteiger partial charge in [0, 0.05) is 31.2 Å². The third-order valence-electron chi connectivity index (χ3n) is 2.79. The minimum atomic E-state index is 0.199. The minimum Gasteiger partial charge on any atom is -0.396 e. The van der Waals surface area contributed by atoms with Crippen molar-refractivity contribution in [3.63, 3.8) is 0 Å². The first kappa shape index (κ1) is 9.96. The number of nitrogens with two attached hydrogens (primary N) is 1. The third-order valence-corrected chi connectivity index (χ3v) is 2.79. The van der Waals surface area contributed by atoms with Crippen molar-refractivity contribution in [2.45, 2.75) is 32.4 Å². The Morgan fingerprint density at radius 1 is 1.58 bits per heavy atom. The Kier molecular flexibility index (Phi) is 3.50. The molecule has 0 aromatic heterocycles.